The van der Waals surface area contributed by atoms with E-state index in [1.807, 2.05) is 17.9 Å². The van der Waals surface area contributed by atoms with Crippen LogP contribution in [0.5, 0.6) is 0 Å². The van der Waals surface area contributed by atoms with Crippen LogP contribution in [0, 0.1) is 17.2 Å². The zero-order valence-electron chi connectivity index (χ0n) is 11.6. The molecule has 5 nitrogen and oxygen atoms in total. The highest BCUT2D eigenvalue weighted by Gasteiger charge is 2.27. The van der Waals surface area contributed by atoms with E-state index in [1.165, 1.54) is 0 Å². The lowest BCUT2D eigenvalue weighted by Gasteiger charge is -2.24. The summed E-state index contributed by atoms with van der Waals surface area (Å²) in [5, 5.41) is 9.60. The minimum Gasteiger partial charge on any atom is -0.396 e. The molecule has 0 aliphatic rings. The van der Waals surface area contributed by atoms with E-state index in [0.717, 1.165) is 24.1 Å². The van der Waals surface area contributed by atoms with Crippen LogP contribution in [0.2, 0.25) is 0 Å². The largest absolute Gasteiger partial charge is 0.396 e. The molecule has 0 spiro atoms. The lowest BCUT2D eigenvalue weighted by atomic mass is 10.2. The van der Waals surface area contributed by atoms with Crippen LogP contribution in [0.3, 0.4) is 0 Å². The fourth-order valence-electron chi connectivity index (χ4n) is 1.86. The zero-order valence-corrected chi connectivity index (χ0v) is 13.2. The van der Waals surface area contributed by atoms with Crippen molar-refractivity contribution in [1.29, 1.82) is 5.26 Å². The van der Waals surface area contributed by atoms with Crippen molar-refractivity contribution in [2.24, 2.45) is 5.92 Å². The summed E-state index contributed by atoms with van der Waals surface area (Å²) in [6.07, 6.45) is 1.12. The Balaban J connectivity index is 3.46. The highest BCUT2D eigenvalue weighted by molar-refractivity contribution is 7.91. The number of rotatable bonds is 5. The maximum atomic E-state index is 11.9. The molecule has 0 aliphatic heterocycles. The Hall–Kier alpha value is -1.26. The minimum absolute atomic E-state index is 0.0761. The molecule has 2 N–H and O–H groups in total. The maximum Gasteiger partial charge on any atom is 0.180 e. The Kier molecular flexibility index (Phi) is 4.82. The van der Waals surface area contributed by atoms with E-state index in [9.17, 15) is 8.42 Å². The number of nitrogens with two attached hydrogens (primary N) is 1. The van der Waals surface area contributed by atoms with Gasteiger partial charge in [-0.25, -0.2) is 8.42 Å². The third-order valence-corrected chi connectivity index (χ3v) is 5.06. The van der Waals surface area contributed by atoms with Gasteiger partial charge < -0.3 is 10.6 Å². The number of nitrogen functional groups attached to an aromatic ring is 1. The van der Waals surface area contributed by atoms with E-state index in [1.54, 1.807) is 0 Å². The standard InChI is InChI=1S/C12H19N3O2S2/c1-5-15(7-8(2)3)12-11(19(4,16)17)10(14)9(6-13)18-12/h8H,5,7,14H2,1-4H3. The van der Waals surface area contributed by atoms with Crippen LogP contribution in [0.25, 0.3) is 0 Å². The second kappa shape index (κ2) is 5.80. The second-order valence-corrected chi connectivity index (χ2v) is 7.75. The average molecular weight is 301 g/mol. The second-order valence-electron chi connectivity index (χ2n) is 4.80. The quantitative estimate of drug-likeness (QED) is 0.899. The molecule has 0 aliphatic carbocycles. The molecule has 0 atom stereocenters. The molecule has 0 radical (unpaired) electrons. The molecule has 1 rings (SSSR count). The first kappa shape index (κ1) is 15.8. The van der Waals surface area contributed by atoms with E-state index in [-0.39, 0.29) is 15.5 Å². The summed E-state index contributed by atoms with van der Waals surface area (Å²) in [5.74, 6) is 0.390. The van der Waals surface area contributed by atoms with Crippen LogP contribution in [0.15, 0.2) is 4.90 Å². The van der Waals surface area contributed by atoms with E-state index >= 15 is 0 Å². The van der Waals surface area contributed by atoms with Gasteiger partial charge in [-0.05, 0) is 12.8 Å². The molecular formula is C12H19N3O2S2. The zero-order chi connectivity index (χ0) is 14.8. The van der Waals surface area contributed by atoms with Crippen LogP contribution in [0.4, 0.5) is 10.7 Å². The number of nitrogens with zero attached hydrogens (tertiary/aromatic N) is 2. The van der Waals surface area contributed by atoms with Crippen LogP contribution in [0.1, 0.15) is 25.6 Å². The van der Waals surface area contributed by atoms with Gasteiger partial charge in [-0.15, -0.1) is 11.3 Å². The molecule has 0 unspecified atom stereocenters. The Bertz CT molecular complexity index is 597. The van der Waals surface area contributed by atoms with Crippen LogP contribution >= 0.6 is 11.3 Å². The van der Waals surface area contributed by atoms with Crippen molar-refractivity contribution in [3.8, 4) is 6.07 Å². The van der Waals surface area contributed by atoms with Crippen molar-refractivity contribution in [3.63, 3.8) is 0 Å². The van der Waals surface area contributed by atoms with Gasteiger partial charge in [0.1, 0.15) is 20.8 Å². The van der Waals surface area contributed by atoms with Gasteiger partial charge in [0.05, 0.1) is 5.69 Å². The first-order valence-electron chi connectivity index (χ1n) is 5.99. The third kappa shape index (κ3) is 3.39. The van der Waals surface area contributed by atoms with Gasteiger partial charge in [0.15, 0.2) is 9.84 Å². The summed E-state index contributed by atoms with van der Waals surface area (Å²) in [6.45, 7) is 7.47. The topological polar surface area (TPSA) is 87.2 Å². The molecule has 7 heteroatoms. The van der Waals surface area contributed by atoms with Gasteiger partial charge in [0.25, 0.3) is 0 Å². The van der Waals surface area contributed by atoms with E-state index in [2.05, 4.69) is 13.8 Å². The number of sulfone groups is 1. The lowest BCUT2D eigenvalue weighted by molar-refractivity contribution is 0.598. The van der Waals surface area contributed by atoms with Crippen molar-refractivity contribution in [2.75, 3.05) is 30.0 Å². The van der Waals surface area contributed by atoms with E-state index in [4.69, 9.17) is 11.0 Å². The Labute approximate surface area is 118 Å². The highest BCUT2D eigenvalue weighted by atomic mass is 32.2. The Morgan fingerprint density at radius 1 is 1.47 bits per heavy atom. The molecule has 1 aromatic heterocycles. The van der Waals surface area contributed by atoms with Crippen LogP contribution < -0.4 is 10.6 Å². The summed E-state index contributed by atoms with van der Waals surface area (Å²) < 4.78 is 23.8. The summed E-state index contributed by atoms with van der Waals surface area (Å²) in [7, 11) is -3.45. The number of nitriles is 1. The van der Waals surface area contributed by atoms with E-state index in [0.29, 0.717) is 17.5 Å². The number of hydrogen-bond donors (Lipinski definition) is 1. The molecule has 106 valence electrons. The van der Waals surface area contributed by atoms with Crippen LogP contribution in [-0.2, 0) is 9.84 Å². The van der Waals surface area contributed by atoms with Crippen molar-refractivity contribution in [2.45, 2.75) is 25.7 Å². The van der Waals surface area contributed by atoms with Crippen molar-refractivity contribution in [3.05, 3.63) is 4.88 Å². The fourth-order valence-corrected chi connectivity index (χ4v) is 4.44. The van der Waals surface area contributed by atoms with Crippen LogP contribution in [-0.4, -0.2) is 27.8 Å². The lowest BCUT2D eigenvalue weighted by Crippen LogP contribution is -2.27. The molecular weight excluding hydrogens is 282 g/mol. The van der Waals surface area contributed by atoms with Gasteiger partial charge in [-0.1, -0.05) is 13.8 Å². The fraction of sp³-hybridized carbons (Fsp3) is 0.583. The first-order valence-corrected chi connectivity index (χ1v) is 8.70. The minimum atomic E-state index is -3.45. The summed E-state index contributed by atoms with van der Waals surface area (Å²) in [6, 6.07) is 1.96. The van der Waals surface area contributed by atoms with Gasteiger partial charge in [-0.3, -0.25) is 0 Å². The monoisotopic (exact) mass is 301 g/mol. The van der Waals surface area contributed by atoms with Gasteiger partial charge in [-0.2, -0.15) is 5.26 Å². The summed E-state index contributed by atoms with van der Waals surface area (Å²) in [5.41, 5.74) is 5.88. The molecule has 0 aromatic carbocycles. The summed E-state index contributed by atoms with van der Waals surface area (Å²) in [4.78, 5) is 2.32. The number of thiophene rings is 1. The Morgan fingerprint density at radius 3 is 2.42 bits per heavy atom. The molecule has 1 heterocycles. The Morgan fingerprint density at radius 2 is 2.05 bits per heavy atom. The molecule has 0 bridgehead atoms. The van der Waals surface area contributed by atoms with Gasteiger partial charge in [0.2, 0.25) is 0 Å². The predicted molar refractivity (Wildman–Crippen MR) is 79.3 cm³/mol. The summed E-state index contributed by atoms with van der Waals surface area (Å²) >= 11 is 1.15. The molecule has 1 aromatic rings. The maximum absolute atomic E-state index is 11.9. The predicted octanol–water partition coefficient (Wildman–Crippen LogP) is 2.09. The molecule has 0 saturated heterocycles. The van der Waals surface area contributed by atoms with Crippen molar-refractivity contribution >= 4 is 31.9 Å². The molecule has 0 fully saturated rings. The SMILES string of the molecule is CCN(CC(C)C)c1sc(C#N)c(N)c1S(C)(=O)=O. The average Bonchev–Trinajstić information content (AvgIpc) is 2.62. The van der Waals surface area contributed by atoms with Gasteiger partial charge >= 0.3 is 0 Å². The molecule has 19 heavy (non-hydrogen) atoms. The first-order chi connectivity index (χ1) is 8.72. The third-order valence-electron chi connectivity index (χ3n) is 2.61. The number of hydrogen-bond acceptors (Lipinski definition) is 6. The normalized spacial score (nSPS) is 11.6. The van der Waals surface area contributed by atoms with Gasteiger partial charge in [0, 0.05) is 19.3 Å². The number of anilines is 2. The highest BCUT2D eigenvalue weighted by Crippen LogP contribution is 2.41. The van der Waals surface area contributed by atoms with Crippen molar-refractivity contribution in [1.82, 2.24) is 0 Å². The molecule has 0 saturated carbocycles. The molecule has 0 amide bonds. The smallest absolute Gasteiger partial charge is 0.180 e. The van der Waals surface area contributed by atoms with Crippen molar-refractivity contribution < 1.29 is 8.42 Å². The van der Waals surface area contributed by atoms with E-state index < -0.39 is 9.84 Å².